The Morgan fingerprint density at radius 1 is 1.00 bits per heavy atom. The van der Waals surface area contributed by atoms with Crippen molar-refractivity contribution in [1.82, 2.24) is 14.9 Å². The normalized spacial score (nSPS) is 24.3. The Balaban J connectivity index is 1.38. The fraction of sp³-hybridized carbons (Fsp3) is 0.545. The molecule has 0 unspecified atom stereocenters. The van der Waals surface area contributed by atoms with E-state index in [1.54, 1.807) is 18.5 Å². The number of unbranched alkanes of at least 4 members (excludes halogenated alkanes) is 3. The van der Waals surface area contributed by atoms with Crippen molar-refractivity contribution in [3.8, 4) is 11.4 Å². The summed E-state index contributed by atoms with van der Waals surface area (Å²) in [4.78, 5) is 10.4. The van der Waals surface area contributed by atoms with E-state index in [1.807, 2.05) is 23.1 Å². The molecule has 0 radical (unpaired) electrons. The van der Waals surface area contributed by atoms with Crippen molar-refractivity contribution < 1.29 is 20.4 Å². The summed E-state index contributed by atoms with van der Waals surface area (Å²) >= 11 is 6.24. The van der Waals surface area contributed by atoms with Gasteiger partial charge in [0.05, 0.1) is 18.8 Å². The molecule has 1 aliphatic rings. The third kappa shape index (κ3) is 6.58. The number of benzene rings is 1. The number of anilines is 1. The zero-order valence-corrected chi connectivity index (χ0v) is 18.2. The smallest absolute Gasteiger partial charge is 0.159 e. The van der Waals surface area contributed by atoms with Crippen molar-refractivity contribution in [2.45, 2.75) is 50.0 Å². The lowest BCUT2D eigenvalue weighted by Gasteiger charge is -2.43. The highest BCUT2D eigenvalue weighted by atomic mass is 35.5. The Bertz CT molecular complexity index is 813. The van der Waals surface area contributed by atoms with Crippen LogP contribution in [-0.4, -0.2) is 85.9 Å². The van der Waals surface area contributed by atoms with Crippen LogP contribution in [0, 0.1) is 0 Å². The first-order valence-electron chi connectivity index (χ1n) is 10.7. The molecule has 31 heavy (non-hydrogen) atoms. The summed E-state index contributed by atoms with van der Waals surface area (Å²) in [5, 5.41) is 43.2. The molecule has 1 saturated heterocycles. The number of piperidine rings is 1. The van der Waals surface area contributed by atoms with Gasteiger partial charge in [-0.3, -0.25) is 4.90 Å². The number of halogens is 1. The summed E-state index contributed by atoms with van der Waals surface area (Å²) in [5.74, 6) is 0.634. The highest BCUT2D eigenvalue weighted by Gasteiger charge is 2.40. The number of nitrogens with zero attached hydrogens (tertiary/aromatic N) is 3. The quantitative estimate of drug-likeness (QED) is 0.345. The van der Waals surface area contributed by atoms with Gasteiger partial charge in [-0.25, -0.2) is 9.97 Å². The van der Waals surface area contributed by atoms with Crippen LogP contribution in [-0.2, 0) is 0 Å². The van der Waals surface area contributed by atoms with Crippen molar-refractivity contribution in [1.29, 1.82) is 0 Å². The molecule has 5 N–H and O–H groups in total. The first-order valence-corrected chi connectivity index (χ1v) is 11.1. The minimum atomic E-state index is -1.21. The van der Waals surface area contributed by atoms with Gasteiger partial charge in [-0.1, -0.05) is 24.4 Å². The highest BCUT2D eigenvalue weighted by molar-refractivity contribution is 6.31. The number of hydrogen-bond acceptors (Lipinski definition) is 8. The molecule has 1 fully saturated rings. The lowest BCUT2D eigenvalue weighted by atomic mass is 9.94. The molecule has 3 rings (SSSR count). The zero-order chi connectivity index (χ0) is 22.2. The van der Waals surface area contributed by atoms with Gasteiger partial charge in [0.15, 0.2) is 5.82 Å². The Labute approximate surface area is 187 Å². The van der Waals surface area contributed by atoms with E-state index in [0.29, 0.717) is 17.4 Å². The molecule has 2 heterocycles. The molecule has 1 aromatic carbocycles. The van der Waals surface area contributed by atoms with Crippen LogP contribution in [0.15, 0.2) is 36.7 Å². The van der Waals surface area contributed by atoms with E-state index in [0.717, 1.165) is 43.5 Å². The molecule has 8 nitrogen and oxygen atoms in total. The third-order valence-corrected chi connectivity index (χ3v) is 5.86. The van der Waals surface area contributed by atoms with Crippen LogP contribution in [0.3, 0.4) is 0 Å². The van der Waals surface area contributed by atoms with Crippen LogP contribution in [0.4, 0.5) is 5.69 Å². The van der Waals surface area contributed by atoms with Gasteiger partial charge < -0.3 is 25.7 Å². The second kappa shape index (κ2) is 11.7. The minimum Gasteiger partial charge on any atom is -0.395 e. The third-order valence-electron chi connectivity index (χ3n) is 5.64. The number of nitrogens with one attached hydrogen (secondary N) is 1. The molecular weight excluding hydrogens is 420 g/mol. The molecule has 0 aliphatic carbocycles. The number of aliphatic hydroxyl groups is 4. The molecule has 2 aromatic rings. The molecule has 4 atom stereocenters. The van der Waals surface area contributed by atoms with Crippen LogP contribution in [0.2, 0.25) is 5.02 Å². The number of likely N-dealkylation sites (tertiary alicyclic amines) is 1. The Hall–Kier alpha value is -1.81. The van der Waals surface area contributed by atoms with E-state index in [-0.39, 0.29) is 13.2 Å². The Morgan fingerprint density at radius 3 is 2.48 bits per heavy atom. The molecule has 9 heteroatoms. The summed E-state index contributed by atoms with van der Waals surface area (Å²) in [7, 11) is 0. The standard InChI is InChI=1S/C22H31ClN4O4/c23-16-10-15(22-25-7-5-8-26-22)11-17(12-16)24-6-3-1-2-4-9-27-13-19(29)21(31)20(30)18(27)14-28/h5,7-8,10-12,18-21,24,28-31H,1-4,6,9,13-14H2/t18-,19+,20-,21-/m1/s1. The first kappa shape index (κ1) is 23.8. The number of hydrogen-bond donors (Lipinski definition) is 5. The SMILES string of the molecule is OC[C@@H]1[C@@H](O)[C@H](O)[C@@H](O)CN1CCCCCCNc1cc(Cl)cc(-c2ncccn2)c1. The highest BCUT2D eigenvalue weighted by Crippen LogP contribution is 2.25. The molecule has 0 bridgehead atoms. The van der Waals surface area contributed by atoms with E-state index >= 15 is 0 Å². The summed E-state index contributed by atoms with van der Waals surface area (Å²) < 4.78 is 0. The minimum absolute atomic E-state index is 0.246. The van der Waals surface area contributed by atoms with Gasteiger partial charge in [0, 0.05) is 41.8 Å². The predicted molar refractivity (Wildman–Crippen MR) is 120 cm³/mol. The van der Waals surface area contributed by atoms with Gasteiger partial charge in [-0.2, -0.15) is 0 Å². The lowest BCUT2D eigenvalue weighted by Crippen LogP contribution is -2.62. The van der Waals surface area contributed by atoms with Gasteiger partial charge in [0.2, 0.25) is 0 Å². The van der Waals surface area contributed by atoms with Crippen LogP contribution in [0.25, 0.3) is 11.4 Å². The van der Waals surface area contributed by atoms with Gasteiger partial charge >= 0.3 is 0 Å². The molecular formula is C22H31ClN4O4. The molecule has 1 aromatic heterocycles. The van der Waals surface area contributed by atoms with E-state index in [4.69, 9.17) is 11.6 Å². The Morgan fingerprint density at radius 2 is 1.74 bits per heavy atom. The van der Waals surface area contributed by atoms with Crippen LogP contribution < -0.4 is 5.32 Å². The van der Waals surface area contributed by atoms with Crippen LogP contribution >= 0.6 is 11.6 Å². The molecule has 0 spiro atoms. The maximum atomic E-state index is 10.0. The monoisotopic (exact) mass is 450 g/mol. The molecule has 0 saturated carbocycles. The average molecular weight is 451 g/mol. The number of aromatic nitrogens is 2. The molecule has 1 aliphatic heterocycles. The number of rotatable bonds is 10. The zero-order valence-electron chi connectivity index (χ0n) is 17.4. The number of aliphatic hydroxyl groups excluding tert-OH is 4. The summed E-state index contributed by atoms with van der Waals surface area (Å²) in [6, 6.07) is 6.94. The Kier molecular flexibility index (Phi) is 9.01. The summed E-state index contributed by atoms with van der Waals surface area (Å²) in [5.41, 5.74) is 1.79. The second-order valence-corrected chi connectivity index (χ2v) is 8.37. The second-order valence-electron chi connectivity index (χ2n) is 7.94. The topological polar surface area (TPSA) is 122 Å². The van der Waals surface area contributed by atoms with E-state index in [9.17, 15) is 20.4 Å². The molecule has 0 amide bonds. The largest absolute Gasteiger partial charge is 0.395 e. The lowest BCUT2D eigenvalue weighted by molar-refractivity contribution is -0.145. The van der Waals surface area contributed by atoms with Crippen molar-refractivity contribution >= 4 is 17.3 Å². The van der Waals surface area contributed by atoms with Crippen LogP contribution in [0.5, 0.6) is 0 Å². The van der Waals surface area contributed by atoms with Gasteiger partial charge in [-0.05, 0) is 43.7 Å². The summed E-state index contributed by atoms with van der Waals surface area (Å²) in [6.45, 7) is 1.48. The number of β-amino-alcohol motifs (C(OH)–C–C–N with tert-alkyl or cyclic N) is 1. The average Bonchev–Trinajstić information content (AvgIpc) is 2.77. The fourth-order valence-electron chi connectivity index (χ4n) is 3.93. The van der Waals surface area contributed by atoms with Crippen molar-refractivity contribution in [2.24, 2.45) is 0 Å². The van der Waals surface area contributed by atoms with Crippen LogP contribution in [0.1, 0.15) is 25.7 Å². The maximum Gasteiger partial charge on any atom is 0.159 e. The predicted octanol–water partition coefficient (Wildman–Crippen LogP) is 1.53. The van der Waals surface area contributed by atoms with Crippen molar-refractivity contribution in [2.75, 3.05) is 31.6 Å². The van der Waals surface area contributed by atoms with E-state index < -0.39 is 24.4 Å². The van der Waals surface area contributed by atoms with E-state index in [2.05, 4.69) is 15.3 Å². The first-order chi connectivity index (χ1) is 15.0. The van der Waals surface area contributed by atoms with Gasteiger partial charge in [0.25, 0.3) is 0 Å². The van der Waals surface area contributed by atoms with Crippen molar-refractivity contribution in [3.05, 3.63) is 41.7 Å². The maximum absolute atomic E-state index is 10.0. The van der Waals surface area contributed by atoms with Gasteiger partial charge in [0.1, 0.15) is 12.2 Å². The van der Waals surface area contributed by atoms with Crippen molar-refractivity contribution in [3.63, 3.8) is 0 Å². The summed E-state index contributed by atoms with van der Waals surface area (Å²) in [6.07, 6.45) is 3.94. The fourth-order valence-corrected chi connectivity index (χ4v) is 4.17. The van der Waals surface area contributed by atoms with E-state index in [1.165, 1.54) is 0 Å². The molecule has 170 valence electrons. The van der Waals surface area contributed by atoms with Gasteiger partial charge in [-0.15, -0.1) is 0 Å².